The largest absolute Gasteiger partial charge is 0.366 e. The summed E-state index contributed by atoms with van der Waals surface area (Å²) in [6.45, 7) is 4.70. The molecule has 1 fully saturated rings. The van der Waals surface area contributed by atoms with E-state index in [4.69, 9.17) is 0 Å². The van der Waals surface area contributed by atoms with Crippen LogP contribution in [0.15, 0.2) is 60.7 Å². The van der Waals surface area contributed by atoms with Gasteiger partial charge in [0.05, 0.1) is 12.2 Å². The van der Waals surface area contributed by atoms with Crippen LogP contribution in [0.2, 0.25) is 0 Å². The summed E-state index contributed by atoms with van der Waals surface area (Å²) in [4.78, 5) is 30.0. The molecule has 3 aromatic rings. The van der Waals surface area contributed by atoms with Gasteiger partial charge >= 0.3 is 0 Å². The first-order chi connectivity index (χ1) is 15.4. The minimum atomic E-state index is -0.396. The van der Waals surface area contributed by atoms with Gasteiger partial charge in [0, 0.05) is 38.3 Å². The highest BCUT2D eigenvalue weighted by Gasteiger charge is 2.23. The number of hydrogen-bond donors (Lipinski definition) is 0. The van der Waals surface area contributed by atoms with Gasteiger partial charge < -0.3 is 9.80 Å². The maximum atomic E-state index is 14.4. The monoisotopic (exact) mass is 433 g/mol. The number of carbonyl (C=O) groups is 2. The molecule has 1 heterocycles. The summed E-state index contributed by atoms with van der Waals surface area (Å²) in [6.07, 6.45) is 0. The first-order valence-electron chi connectivity index (χ1n) is 10.9. The minimum Gasteiger partial charge on any atom is -0.366 e. The smallest absolute Gasteiger partial charge is 0.236 e. The van der Waals surface area contributed by atoms with Crippen molar-refractivity contribution in [2.45, 2.75) is 13.5 Å². The molecule has 1 aliphatic heterocycles. The fourth-order valence-electron chi connectivity index (χ4n) is 4.21. The number of piperazine rings is 1. The Morgan fingerprint density at radius 1 is 0.938 bits per heavy atom. The van der Waals surface area contributed by atoms with Gasteiger partial charge in [-0.3, -0.25) is 14.5 Å². The number of fused-ring (bicyclic) bond motifs is 1. The lowest BCUT2D eigenvalue weighted by atomic mass is 10.1. The maximum absolute atomic E-state index is 14.4. The lowest BCUT2D eigenvalue weighted by molar-refractivity contribution is -0.132. The van der Waals surface area contributed by atoms with Crippen LogP contribution in [-0.2, 0) is 11.3 Å². The highest BCUT2D eigenvalue weighted by molar-refractivity contribution is 5.94. The number of Topliss-reactive ketones (excluding diaryl/α,β-unsaturated/α-hetero) is 1. The molecule has 0 radical (unpaired) electrons. The van der Waals surface area contributed by atoms with Gasteiger partial charge in [-0.25, -0.2) is 4.39 Å². The first-order valence-corrected chi connectivity index (χ1v) is 10.9. The lowest BCUT2D eigenvalue weighted by Gasteiger charge is -2.37. The molecule has 5 nitrogen and oxygen atoms in total. The zero-order valence-corrected chi connectivity index (χ0v) is 18.6. The molecule has 0 unspecified atom stereocenters. The summed E-state index contributed by atoms with van der Waals surface area (Å²) in [6, 6.07) is 19.2. The highest BCUT2D eigenvalue weighted by atomic mass is 19.1. The van der Waals surface area contributed by atoms with E-state index in [9.17, 15) is 14.0 Å². The number of rotatable bonds is 6. The van der Waals surface area contributed by atoms with E-state index in [0.29, 0.717) is 50.5 Å². The molecule has 0 saturated carbocycles. The lowest BCUT2D eigenvalue weighted by Crippen LogP contribution is -2.51. The molecule has 3 aromatic carbocycles. The van der Waals surface area contributed by atoms with Crippen LogP contribution in [0.1, 0.15) is 22.8 Å². The summed E-state index contributed by atoms with van der Waals surface area (Å²) in [5, 5.41) is 2.41. The van der Waals surface area contributed by atoms with E-state index >= 15 is 0 Å². The second kappa shape index (κ2) is 9.49. The van der Waals surface area contributed by atoms with E-state index in [-0.39, 0.29) is 11.7 Å². The van der Waals surface area contributed by atoms with Crippen molar-refractivity contribution in [1.82, 2.24) is 9.80 Å². The number of carbonyl (C=O) groups excluding carboxylic acids is 2. The molecule has 0 aliphatic carbocycles. The van der Waals surface area contributed by atoms with Gasteiger partial charge in [-0.1, -0.05) is 36.4 Å². The number of hydrogen-bond acceptors (Lipinski definition) is 4. The number of amides is 1. The average Bonchev–Trinajstić information content (AvgIpc) is 2.79. The van der Waals surface area contributed by atoms with Crippen molar-refractivity contribution in [3.05, 3.63) is 77.6 Å². The normalized spacial score (nSPS) is 14.2. The molecule has 0 bridgehead atoms. The number of anilines is 1. The molecule has 1 saturated heterocycles. The maximum Gasteiger partial charge on any atom is 0.236 e. The van der Waals surface area contributed by atoms with Crippen LogP contribution < -0.4 is 4.90 Å². The molecule has 0 spiro atoms. The summed E-state index contributed by atoms with van der Waals surface area (Å²) in [5.41, 5.74) is 2.03. The Bertz CT molecular complexity index is 1140. The summed E-state index contributed by atoms with van der Waals surface area (Å²) < 4.78 is 14.4. The van der Waals surface area contributed by atoms with Gasteiger partial charge in [-0.05, 0) is 54.6 Å². The molecule has 0 aromatic heterocycles. The molecule has 1 aliphatic rings. The summed E-state index contributed by atoms with van der Waals surface area (Å²) in [7, 11) is 1.95. The van der Waals surface area contributed by atoms with Gasteiger partial charge in [-0.2, -0.15) is 0 Å². The van der Waals surface area contributed by atoms with Crippen LogP contribution in [0.5, 0.6) is 0 Å². The second-order valence-corrected chi connectivity index (χ2v) is 8.44. The van der Waals surface area contributed by atoms with E-state index in [2.05, 4.69) is 30.3 Å². The van der Waals surface area contributed by atoms with Gasteiger partial charge in [0.2, 0.25) is 5.91 Å². The van der Waals surface area contributed by atoms with Crippen molar-refractivity contribution in [2.24, 2.45) is 0 Å². The third-order valence-corrected chi connectivity index (χ3v) is 6.00. The van der Waals surface area contributed by atoms with E-state index in [1.807, 2.05) is 33.9 Å². The van der Waals surface area contributed by atoms with Gasteiger partial charge in [0.15, 0.2) is 5.78 Å². The SMILES string of the molecule is CC(=O)c1ccc(N2CCN(C(=O)CN(C)Cc3ccc4ccccc4c3)CC2)c(F)c1. The predicted molar refractivity (Wildman–Crippen MR) is 125 cm³/mol. The molecule has 0 atom stereocenters. The van der Waals surface area contributed by atoms with Gasteiger partial charge in [-0.15, -0.1) is 0 Å². The Kier molecular flexibility index (Phi) is 6.51. The molecular weight excluding hydrogens is 405 g/mol. The number of ketones is 1. The Morgan fingerprint density at radius 3 is 2.34 bits per heavy atom. The van der Waals surface area contributed by atoms with E-state index in [1.54, 1.807) is 12.1 Å². The quantitative estimate of drug-likeness (QED) is 0.552. The second-order valence-electron chi connectivity index (χ2n) is 8.44. The molecule has 6 heteroatoms. The molecular formula is C26H28FN3O2. The van der Waals surface area contributed by atoms with Crippen LogP contribution >= 0.6 is 0 Å². The zero-order chi connectivity index (χ0) is 22.7. The minimum absolute atomic E-state index is 0.0836. The summed E-state index contributed by atoms with van der Waals surface area (Å²) >= 11 is 0. The standard InChI is InChI=1S/C26H28FN3O2/c1-19(31)22-9-10-25(24(27)16-22)29-11-13-30(14-12-29)26(32)18-28(2)17-20-7-8-21-5-3-4-6-23(21)15-20/h3-10,15-16H,11-14,17-18H2,1-2H3. The van der Waals surface area contributed by atoms with Crippen molar-refractivity contribution >= 4 is 28.2 Å². The van der Waals surface area contributed by atoms with Crippen LogP contribution in [-0.4, -0.2) is 61.3 Å². The topological polar surface area (TPSA) is 43.9 Å². The Balaban J connectivity index is 1.30. The predicted octanol–water partition coefficient (Wildman–Crippen LogP) is 3.96. The van der Waals surface area contributed by atoms with E-state index in [0.717, 1.165) is 0 Å². The van der Waals surface area contributed by atoms with Crippen molar-refractivity contribution in [1.29, 1.82) is 0 Å². The van der Waals surface area contributed by atoms with Gasteiger partial charge in [0.1, 0.15) is 5.82 Å². The first kappa shape index (κ1) is 22.0. The molecule has 0 N–H and O–H groups in total. The zero-order valence-electron chi connectivity index (χ0n) is 18.6. The van der Waals surface area contributed by atoms with Crippen LogP contribution in [0.25, 0.3) is 10.8 Å². The molecule has 4 rings (SSSR count). The van der Waals surface area contributed by atoms with Crippen LogP contribution in [0.4, 0.5) is 10.1 Å². The average molecular weight is 434 g/mol. The van der Waals surface area contributed by atoms with Crippen molar-refractivity contribution in [3.8, 4) is 0 Å². The van der Waals surface area contributed by atoms with E-state index in [1.165, 1.54) is 29.3 Å². The van der Waals surface area contributed by atoms with Crippen molar-refractivity contribution < 1.29 is 14.0 Å². The molecule has 32 heavy (non-hydrogen) atoms. The molecule has 1 amide bonds. The van der Waals surface area contributed by atoms with Crippen molar-refractivity contribution in [2.75, 3.05) is 44.7 Å². The Morgan fingerprint density at radius 2 is 1.66 bits per heavy atom. The molecule has 166 valence electrons. The Labute approximate surface area is 188 Å². The number of nitrogens with zero attached hydrogens (tertiary/aromatic N) is 3. The van der Waals surface area contributed by atoms with Crippen LogP contribution in [0, 0.1) is 5.82 Å². The fourth-order valence-corrected chi connectivity index (χ4v) is 4.21. The van der Waals surface area contributed by atoms with Crippen molar-refractivity contribution in [3.63, 3.8) is 0 Å². The van der Waals surface area contributed by atoms with Crippen LogP contribution in [0.3, 0.4) is 0 Å². The number of benzene rings is 3. The van der Waals surface area contributed by atoms with E-state index < -0.39 is 5.82 Å². The third kappa shape index (κ3) is 4.97. The highest BCUT2D eigenvalue weighted by Crippen LogP contribution is 2.22. The number of likely N-dealkylation sites (N-methyl/N-ethyl adjacent to an activating group) is 1. The summed E-state index contributed by atoms with van der Waals surface area (Å²) in [5.74, 6) is -0.466. The fraction of sp³-hybridized carbons (Fsp3) is 0.308. The van der Waals surface area contributed by atoms with Gasteiger partial charge in [0.25, 0.3) is 0 Å². The third-order valence-electron chi connectivity index (χ3n) is 6.00. The Hall–Kier alpha value is -3.25. The number of halogens is 1.